The molecule has 0 aliphatic carbocycles. The van der Waals surface area contributed by atoms with Gasteiger partial charge in [0.15, 0.2) is 11.6 Å². The smallest absolute Gasteiger partial charge is 0.275 e. The molecule has 1 atom stereocenters. The molecule has 0 bridgehead atoms. The van der Waals surface area contributed by atoms with Crippen molar-refractivity contribution in [1.29, 1.82) is 0 Å². The fourth-order valence-electron chi connectivity index (χ4n) is 1.76. The first-order chi connectivity index (χ1) is 8.49. The van der Waals surface area contributed by atoms with E-state index in [0.29, 0.717) is 6.42 Å². The summed E-state index contributed by atoms with van der Waals surface area (Å²) in [6.07, 6.45) is 0.745. The summed E-state index contributed by atoms with van der Waals surface area (Å²) in [5.74, 6) is -0.836. The first kappa shape index (κ1) is 14.4. The average Bonchev–Trinajstić information content (AvgIpc) is 2.30. The number of aliphatic hydroxyl groups excluding tert-OH is 1. The van der Waals surface area contributed by atoms with Gasteiger partial charge in [0.1, 0.15) is 0 Å². The van der Waals surface area contributed by atoms with Crippen LogP contribution in [0.15, 0.2) is 12.1 Å². The summed E-state index contributed by atoms with van der Waals surface area (Å²) in [6.45, 7) is 1.91. The first-order valence-corrected chi connectivity index (χ1v) is 5.68. The molecule has 0 aromatic heterocycles. The van der Waals surface area contributed by atoms with Crippen LogP contribution < -0.4 is 4.74 Å². The van der Waals surface area contributed by atoms with Crippen LogP contribution in [0.1, 0.15) is 25.3 Å². The topological polar surface area (TPSA) is 72.6 Å². The molecule has 0 saturated carbocycles. The number of hydrogen-bond donors (Lipinski definition) is 1. The van der Waals surface area contributed by atoms with Crippen molar-refractivity contribution in [2.24, 2.45) is 0 Å². The highest BCUT2D eigenvalue weighted by molar-refractivity contribution is 5.46. The van der Waals surface area contributed by atoms with E-state index in [1.54, 1.807) is 0 Å². The number of nitro groups is 1. The number of hydrogen-bond acceptors (Lipinski definition) is 4. The number of aliphatic hydroxyl groups is 1. The van der Waals surface area contributed by atoms with Gasteiger partial charge < -0.3 is 9.84 Å². The lowest BCUT2D eigenvalue weighted by Gasteiger charge is -2.11. The zero-order valence-corrected chi connectivity index (χ0v) is 10.4. The van der Waals surface area contributed by atoms with Crippen molar-refractivity contribution in [2.75, 3.05) is 7.11 Å². The molecule has 0 amide bonds. The highest BCUT2D eigenvalue weighted by Crippen LogP contribution is 2.28. The molecule has 1 rings (SSSR count). The number of benzene rings is 1. The third-order valence-corrected chi connectivity index (χ3v) is 2.63. The van der Waals surface area contributed by atoms with E-state index in [0.717, 1.165) is 12.5 Å². The van der Waals surface area contributed by atoms with Gasteiger partial charge in [-0.15, -0.1) is 0 Å². The van der Waals surface area contributed by atoms with Crippen LogP contribution >= 0.6 is 0 Å². The van der Waals surface area contributed by atoms with Crippen molar-refractivity contribution >= 4 is 5.69 Å². The van der Waals surface area contributed by atoms with Gasteiger partial charge in [-0.05, 0) is 12.5 Å². The molecule has 1 aromatic carbocycles. The van der Waals surface area contributed by atoms with Crippen LogP contribution in [0.2, 0.25) is 0 Å². The summed E-state index contributed by atoms with van der Waals surface area (Å²) in [4.78, 5) is 10.2. The molecule has 0 aliphatic rings. The minimum atomic E-state index is -0.780. The number of ether oxygens (including phenoxy) is 1. The van der Waals surface area contributed by atoms with Crippen molar-refractivity contribution in [2.45, 2.75) is 32.3 Å². The molecule has 0 spiro atoms. The summed E-state index contributed by atoms with van der Waals surface area (Å²) in [6, 6.07) is 2.10. The lowest BCUT2D eigenvalue weighted by molar-refractivity contribution is -0.385. The number of rotatable bonds is 6. The van der Waals surface area contributed by atoms with E-state index in [-0.39, 0.29) is 23.4 Å². The lowest BCUT2D eigenvalue weighted by atomic mass is 10.0. The van der Waals surface area contributed by atoms with Crippen molar-refractivity contribution in [3.63, 3.8) is 0 Å². The van der Waals surface area contributed by atoms with E-state index >= 15 is 0 Å². The Balaban J connectivity index is 3.10. The average molecular weight is 257 g/mol. The van der Waals surface area contributed by atoms with Gasteiger partial charge in [-0.3, -0.25) is 10.1 Å². The fourth-order valence-corrected chi connectivity index (χ4v) is 1.76. The molecule has 100 valence electrons. The Hall–Kier alpha value is -1.69. The quantitative estimate of drug-likeness (QED) is 0.627. The molecule has 5 nitrogen and oxygen atoms in total. The Labute approximate surface area is 104 Å². The predicted octanol–water partition coefficient (Wildman–Crippen LogP) is 2.45. The van der Waals surface area contributed by atoms with E-state index in [1.807, 2.05) is 6.92 Å². The second-order valence-corrected chi connectivity index (χ2v) is 4.02. The van der Waals surface area contributed by atoms with E-state index in [1.165, 1.54) is 13.2 Å². The SMILES string of the molecule is CCCC(O)Cc1cc(OC)c(F)cc1[N+](=O)[O-]. The predicted molar refractivity (Wildman–Crippen MR) is 64.2 cm³/mol. The molecule has 1 N–H and O–H groups in total. The van der Waals surface area contributed by atoms with Gasteiger partial charge in [0.05, 0.1) is 24.2 Å². The van der Waals surface area contributed by atoms with Crippen LogP contribution in [0, 0.1) is 15.9 Å². The molecule has 0 heterocycles. The van der Waals surface area contributed by atoms with Gasteiger partial charge in [-0.25, -0.2) is 4.39 Å². The molecular formula is C12H16FNO4. The molecule has 1 aromatic rings. The third kappa shape index (κ3) is 3.40. The zero-order valence-electron chi connectivity index (χ0n) is 10.4. The van der Waals surface area contributed by atoms with E-state index in [2.05, 4.69) is 0 Å². The summed E-state index contributed by atoms with van der Waals surface area (Å²) in [5.41, 5.74) is -0.0531. The molecular weight excluding hydrogens is 241 g/mol. The largest absolute Gasteiger partial charge is 0.494 e. The van der Waals surface area contributed by atoms with Crippen LogP contribution in [0.4, 0.5) is 10.1 Å². The normalized spacial score (nSPS) is 12.2. The highest BCUT2D eigenvalue weighted by atomic mass is 19.1. The summed E-state index contributed by atoms with van der Waals surface area (Å²) in [5, 5.41) is 20.5. The molecule has 18 heavy (non-hydrogen) atoms. The standard InChI is InChI=1S/C12H16FNO4/c1-3-4-9(15)5-8-6-12(18-2)10(13)7-11(8)14(16)17/h6-7,9,15H,3-5H2,1-2H3. The monoisotopic (exact) mass is 257 g/mol. The van der Waals surface area contributed by atoms with Crippen LogP contribution in [0.3, 0.4) is 0 Å². The summed E-state index contributed by atoms with van der Waals surface area (Å²) < 4.78 is 18.2. The Bertz CT molecular complexity index is 436. The molecule has 0 aliphatic heterocycles. The van der Waals surface area contributed by atoms with Gasteiger partial charge in [0.2, 0.25) is 0 Å². The second kappa shape index (κ2) is 6.30. The second-order valence-electron chi connectivity index (χ2n) is 4.02. The van der Waals surface area contributed by atoms with Crippen molar-refractivity contribution in [3.05, 3.63) is 33.6 Å². The number of nitro benzene ring substituents is 1. The Morgan fingerprint density at radius 3 is 2.72 bits per heavy atom. The Morgan fingerprint density at radius 2 is 2.22 bits per heavy atom. The van der Waals surface area contributed by atoms with E-state index in [4.69, 9.17) is 4.74 Å². The van der Waals surface area contributed by atoms with Crippen LogP contribution in [-0.4, -0.2) is 23.2 Å². The molecule has 6 heteroatoms. The van der Waals surface area contributed by atoms with Crippen LogP contribution in [0.25, 0.3) is 0 Å². The van der Waals surface area contributed by atoms with Crippen LogP contribution in [-0.2, 0) is 6.42 Å². The minimum Gasteiger partial charge on any atom is -0.494 e. The van der Waals surface area contributed by atoms with Gasteiger partial charge >= 0.3 is 0 Å². The first-order valence-electron chi connectivity index (χ1n) is 5.68. The van der Waals surface area contributed by atoms with Gasteiger partial charge in [-0.2, -0.15) is 0 Å². The number of methoxy groups -OCH3 is 1. The van der Waals surface area contributed by atoms with Gasteiger partial charge in [0.25, 0.3) is 5.69 Å². The van der Waals surface area contributed by atoms with Crippen molar-refractivity contribution < 1.29 is 19.2 Å². The third-order valence-electron chi connectivity index (χ3n) is 2.63. The van der Waals surface area contributed by atoms with E-state index < -0.39 is 16.8 Å². The van der Waals surface area contributed by atoms with Gasteiger partial charge in [-0.1, -0.05) is 13.3 Å². The molecule has 0 radical (unpaired) electrons. The maximum atomic E-state index is 13.4. The maximum absolute atomic E-state index is 13.4. The summed E-state index contributed by atoms with van der Waals surface area (Å²) in [7, 11) is 1.29. The van der Waals surface area contributed by atoms with Crippen LogP contribution in [0.5, 0.6) is 5.75 Å². The van der Waals surface area contributed by atoms with Crippen molar-refractivity contribution in [3.8, 4) is 5.75 Å². The Morgan fingerprint density at radius 1 is 1.56 bits per heavy atom. The maximum Gasteiger partial charge on any atom is 0.275 e. The Kier molecular flexibility index (Phi) is 5.03. The lowest BCUT2D eigenvalue weighted by Crippen LogP contribution is -2.11. The molecule has 0 saturated heterocycles. The van der Waals surface area contributed by atoms with Crippen molar-refractivity contribution in [1.82, 2.24) is 0 Å². The number of halogens is 1. The highest BCUT2D eigenvalue weighted by Gasteiger charge is 2.20. The van der Waals surface area contributed by atoms with Gasteiger partial charge in [0, 0.05) is 12.0 Å². The zero-order chi connectivity index (χ0) is 13.7. The fraction of sp³-hybridized carbons (Fsp3) is 0.500. The summed E-state index contributed by atoms with van der Waals surface area (Å²) >= 11 is 0. The molecule has 1 unspecified atom stereocenters. The van der Waals surface area contributed by atoms with E-state index in [9.17, 15) is 19.6 Å². The molecule has 0 fully saturated rings. The minimum absolute atomic E-state index is 0.0562. The number of nitrogens with zero attached hydrogens (tertiary/aromatic N) is 1.